The van der Waals surface area contributed by atoms with E-state index in [0.29, 0.717) is 45.4 Å². The number of nitriles is 1. The molecule has 10 heteroatoms. The second kappa shape index (κ2) is 8.43. The Labute approximate surface area is 208 Å². The van der Waals surface area contributed by atoms with Crippen molar-refractivity contribution >= 4 is 44.7 Å². The van der Waals surface area contributed by atoms with Crippen LogP contribution in [-0.2, 0) is 14.8 Å². The van der Waals surface area contributed by atoms with Crippen molar-refractivity contribution in [3.05, 3.63) is 80.7 Å². The highest BCUT2D eigenvalue weighted by Gasteiger charge is 2.45. The van der Waals surface area contributed by atoms with Crippen LogP contribution in [0.4, 0.5) is 5.69 Å². The summed E-state index contributed by atoms with van der Waals surface area (Å²) in [5.41, 5.74) is 8.56. The number of primary sulfonamides is 1. The van der Waals surface area contributed by atoms with Crippen molar-refractivity contribution in [2.75, 3.05) is 4.90 Å². The van der Waals surface area contributed by atoms with Gasteiger partial charge in [-0.05, 0) is 53.8 Å². The summed E-state index contributed by atoms with van der Waals surface area (Å²) in [6, 6.07) is 12.9. The highest BCUT2D eigenvalue weighted by atomic mass is 35.5. The van der Waals surface area contributed by atoms with Crippen LogP contribution in [-0.4, -0.2) is 14.2 Å². The summed E-state index contributed by atoms with van der Waals surface area (Å²) in [4.78, 5) is 15.1. The van der Waals surface area contributed by atoms with E-state index in [0.717, 1.165) is 0 Å². The lowest BCUT2D eigenvalue weighted by Crippen LogP contribution is -2.42. The standard InChI is InChI=1S/C24H22Cl2N4O3S/c1-24(2)10-19-22(20(31)11-24)21(16-8-3-13(25)9-18(16)26)17(12-27)23(28)30(19)14-4-6-15(7-5-14)34(29,32)33/h3-9,21H,10-11,28H2,1-2H3,(H2,29,32,33)/t21-/m1/s1. The first kappa shape index (κ1) is 24.3. The molecule has 176 valence electrons. The van der Waals surface area contributed by atoms with Crippen molar-refractivity contribution in [2.45, 2.75) is 37.5 Å². The van der Waals surface area contributed by atoms with E-state index in [1.54, 1.807) is 35.2 Å². The minimum absolute atomic E-state index is 0.0589. The fourth-order valence-electron chi connectivity index (χ4n) is 4.64. The summed E-state index contributed by atoms with van der Waals surface area (Å²) in [5.74, 6) is -0.701. The number of hydrogen-bond donors (Lipinski definition) is 2. The zero-order valence-electron chi connectivity index (χ0n) is 18.5. The summed E-state index contributed by atoms with van der Waals surface area (Å²) in [7, 11) is -3.89. The molecule has 0 bridgehead atoms. The van der Waals surface area contributed by atoms with Gasteiger partial charge < -0.3 is 5.73 Å². The maximum Gasteiger partial charge on any atom is 0.238 e. The van der Waals surface area contributed by atoms with Crippen LogP contribution in [0, 0.1) is 16.7 Å². The van der Waals surface area contributed by atoms with Gasteiger partial charge in [0.1, 0.15) is 5.82 Å². The Morgan fingerprint density at radius 2 is 1.76 bits per heavy atom. The quantitative estimate of drug-likeness (QED) is 0.613. The molecule has 0 saturated heterocycles. The van der Waals surface area contributed by atoms with Gasteiger partial charge in [0.2, 0.25) is 10.0 Å². The summed E-state index contributed by atoms with van der Waals surface area (Å²) in [6.45, 7) is 3.97. The Morgan fingerprint density at radius 1 is 1.12 bits per heavy atom. The SMILES string of the molecule is CC1(C)CC(=O)C2=C(C1)N(c1ccc(S(N)(=O)=O)cc1)C(N)=C(C#N)[C@H]2c1ccc(Cl)cc1Cl. The Bertz CT molecular complexity index is 1420. The molecule has 0 amide bonds. The monoisotopic (exact) mass is 516 g/mol. The third-order valence-corrected chi connectivity index (χ3v) is 7.57. The van der Waals surface area contributed by atoms with Crippen LogP contribution in [0.3, 0.4) is 0 Å². The van der Waals surface area contributed by atoms with Crippen molar-refractivity contribution in [3.8, 4) is 6.07 Å². The van der Waals surface area contributed by atoms with Gasteiger partial charge >= 0.3 is 0 Å². The van der Waals surface area contributed by atoms with E-state index in [-0.39, 0.29) is 27.5 Å². The third-order valence-electron chi connectivity index (χ3n) is 6.08. The molecule has 34 heavy (non-hydrogen) atoms. The van der Waals surface area contributed by atoms with Gasteiger partial charge in [-0.25, -0.2) is 13.6 Å². The molecule has 4 rings (SSSR count). The average molecular weight is 517 g/mol. The predicted octanol–water partition coefficient (Wildman–Crippen LogP) is 4.58. The number of rotatable bonds is 3. The molecule has 7 nitrogen and oxygen atoms in total. The second-order valence-corrected chi connectivity index (χ2v) is 11.6. The first-order chi connectivity index (χ1) is 15.8. The number of halogens is 2. The van der Waals surface area contributed by atoms with E-state index in [2.05, 4.69) is 6.07 Å². The first-order valence-corrected chi connectivity index (χ1v) is 12.7. The van der Waals surface area contributed by atoms with E-state index in [9.17, 15) is 18.5 Å². The molecule has 0 fully saturated rings. The van der Waals surface area contributed by atoms with Gasteiger partial charge in [-0.15, -0.1) is 0 Å². The van der Waals surface area contributed by atoms with E-state index in [4.69, 9.17) is 34.1 Å². The van der Waals surface area contributed by atoms with Crippen LogP contribution >= 0.6 is 23.2 Å². The minimum atomic E-state index is -3.89. The van der Waals surface area contributed by atoms with Gasteiger partial charge in [0, 0.05) is 33.4 Å². The number of allylic oxidation sites excluding steroid dienone is 3. The number of anilines is 1. The summed E-state index contributed by atoms with van der Waals surface area (Å²) in [6.07, 6.45) is 0.802. The zero-order valence-corrected chi connectivity index (χ0v) is 20.8. The maximum atomic E-state index is 13.5. The van der Waals surface area contributed by atoms with Gasteiger partial charge in [0.25, 0.3) is 0 Å². The molecule has 1 aliphatic carbocycles. The molecule has 4 N–H and O–H groups in total. The molecule has 0 aromatic heterocycles. The van der Waals surface area contributed by atoms with Crippen molar-refractivity contribution in [1.82, 2.24) is 0 Å². The fraction of sp³-hybridized carbons (Fsp3) is 0.250. The Morgan fingerprint density at radius 3 is 2.32 bits per heavy atom. The van der Waals surface area contributed by atoms with E-state index in [1.165, 1.54) is 12.1 Å². The van der Waals surface area contributed by atoms with Crippen molar-refractivity contribution in [3.63, 3.8) is 0 Å². The van der Waals surface area contributed by atoms with Crippen molar-refractivity contribution < 1.29 is 13.2 Å². The van der Waals surface area contributed by atoms with Crippen molar-refractivity contribution in [1.29, 1.82) is 5.26 Å². The molecule has 0 spiro atoms. The van der Waals surface area contributed by atoms with Gasteiger partial charge in [-0.2, -0.15) is 5.26 Å². The highest BCUT2D eigenvalue weighted by Crippen LogP contribution is 2.51. The number of hydrogen-bond acceptors (Lipinski definition) is 6. The van der Waals surface area contributed by atoms with Gasteiger partial charge in [0.05, 0.1) is 22.5 Å². The molecule has 2 aliphatic rings. The topological polar surface area (TPSA) is 130 Å². The summed E-state index contributed by atoms with van der Waals surface area (Å²) in [5, 5.41) is 16.1. The molecule has 1 aliphatic heterocycles. The number of ketones is 1. The van der Waals surface area contributed by atoms with Gasteiger partial charge in [0.15, 0.2) is 5.78 Å². The Kier molecular flexibility index (Phi) is 6.03. The molecule has 1 heterocycles. The number of sulfonamides is 1. The summed E-state index contributed by atoms with van der Waals surface area (Å²) < 4.78 is 23.4. The third kappa shape index (κ3) is 4.21. The Balaban J connectivity index is 1.99. The summed E-state index contributed by atoms with van der Waals surface area (Å²) >= 11 is 12.6. The van der Waals surface area contributed by atoms with Crippen LogP contribution in [0.2, 0.25) is 10.0 Å². The first-order valence-electron chi connectivity index (χ1n) is 10.4. The molecule has 2 aromatic rings. The van der Waals surface area contributed by atoms with Crippen LogP contribution in [0.1, 0.15) is 38.2 Å². The fourth-order valence-corrected chi connectivity index (χ4v) is 5.67. The lowest BCUT2D eigenvalue weighted by molar-refractivity contribution is -0.118. The maximum absolute atomic E-state index is 13.5. The normalized spacial score (nSPS) is 20.3. The molecule has 1 atom stereocenters. The lowest BCUT2D eigenvalue weighted by atomic mass is 9.68. The van der Waals surface area contributed by atoms with E-state index < -0.39 is 15.9 Å². The number of nitrogens with two attached hydrogens (primary N) is 2. The Hall–Kier alpha value is -2.83. The lowest BCUT2D eigenvalue weighted by Gasteiger charge is -2.44. The number of Topliss-reactive ketones (excluding diaryl/α,β-unsaturated/α-hetero) is 1. The largest absolute Gasteiger partial charge is 0.384 e. The molecule has 0 unspecified atom stereocenters. The zero-order chi connectivity index (χ0) is 25.0. The van der Waals surface area contributed by atoms with E-state index >= 15 is 0 Å². The molecular formula is C24H22Cl2N4O3S. The number of nitrogens with zero attached hydrogens (tertiary/aromatic N) is 2. The van der Waals surface area contributed by atoms with Gasteiger partial charge in [-0.1, -0.05) is 43.1 Å². The average Bonchev–Trinajstić information content (AvgIpc) is 2.72. The number of carbonyl (C=O) groups excluding carboxylic acids is 1. The second-order valence-electron chi connectivity index (χ2n) is 9.19. The smallest absolute Gasteiger partial charge is 0.238 e. The van der Waals surface area contributed by atoms with Crippen LogP contribution < -0.4 is 15.8 Å². The van der Waals surface area contributed by atoms with Crippen LogP contribution in [0.25, 0.3) is 0 Å². The van der Waals surface area contributed by atoms with Crippen LogP contribution in [0.15, 0.2) is 70.0 Å². The number of benzene rings is 2. The predicted molar refractivity (Wildman–Crippen MR) is 131 cm³/mol. The minimum Gasteiger partial charge on any atom is -0.384 e. The molecular weight excluding hydrogens is 495 g/mol. The van der Waals surface area contributed by atoms with Crippen LogP contribution in [0.5, 0.6) is 0 Å². The molecule has 2 aromatic carbocycles. The number of carbonyl (C=O) groups is 1. The molecule has 0 radical (unpaired) electrons. The van der Waals surface area contributed by atoms with E-state index in [1.807, 2.05) is 13.8 Å². The molecule has 0 saturated carbocycles. The van der Waals surface area contributed by atoms with Gasteiger partial charge in [-0.3, -0.25) is 9.69 Å². The van der Waals surface area contributed by atoms with Crippen molar-refractivity contribution in [2.24, 2.45) is 16.3 Å². The highest BCUT2D eigenvalue weighted by molar-refractivity contribution is 7.89.